The first-order chi connectivity index (χ1) is 9.09. The van der Waals surface area contributed by atoms with Crippen LogP contribution in [0.1, 0.15) is 45.4 Å². The van der Waals surface area contributed by atoms with E-state index in [1.807, 2.05) is 0 Å². The predicted octanol–water partition coefficient (Wildman–Crippen LogP) is 1.19. The minimum Gasteiger partial charge on any atom is -0.466 e. The summed E-state index contributed by atoms with van der Waals surface area (Å²) < 4.78 is 4.80. The number of carbonyl (C=O) groups excluding carboxylic acids is 3. The smallest absolute Gasteiger partial charge is 0.325 e. The molecule has 2 aliphatic rings. The van der Waals surface area contributed by atoms with E-state index < -0.39 is 5.54 Å². The van der Waals surface area contributed by atoms with Crippen molar-refractivity contribution in [1.29, 1.82) is 0 Å². The Labute approximate surface area is 112 Å². The number of ether oxygens (including phenoxy) is 1. The van der Waals surface area contributed by atoms with E-state index in [0.29, 0.717) is 19.4 Å². The van der Waals surface area contributed by atoms with E-state index in [0.717, 1.165) is 24.2 Å². The van der Waals surface area contributed by atoms with Crippen LogP contribution in [0.15, 0.2) is 0 Å². The number of urea groups is 1. The number of imide groups is 1. The van der Waals surface area contributed by atoms with Gasteiger partial charge in [0.2, 0.25) is 0 Å². The second kappa shape index (κ2) is 5.59. The molecule has 0 aromatic rings. The summed E-state index contributed by atoms with van der Waals surface area (Å²) >= 11 is 0. The zero-order valence-electron chi connectivity index (χ0n) is 11.2. The molecule has 3 amide bonds. The Bertz CT molecular complexity index is 388. The molecule has 6 nitrogen and oxygen atoms in total. The number of nitrogens with zero attached hydrogens (tertiary/aromatic N) is 1. The normalized spacial score (nSPS) is 21.6. The molecule has 1 aliphatic heterocycles. The zero-order valence-corrected chi connectivity index (χ0v) is 11.2. The van der Waals surface area contributed by atoms with Gasteiger partial charge in [0.15, 0.2) is 0 Å². The molecular weight excluding hydrogens is 248 g/mol. The largest absolute Gasteiger partial charge is 0.466 e. The van der Waals surface area contributed by atoms with Gasteiger partial charge in [-0.1, -0.05) is 19.3 Å². The molecule has 6 heteroatoms. The van der Waals surface area contributed by atoms with Crippen molar-refractivity contribution in [3.05, 3.63) is 0 Å². The maximum Gasteiger partial charge on any atom is 0.325 e. The predicted molar refractivity (Wildman–Crippen MR) is 67.3 cm³/mol. The quantitative estimate of drug-likeness (QED) is 0.614. The van der Waals surface area contributed by atoms with Crippen molar-refractivity contribution in [3.63, 3.8) is 0 Å². The summed E-state index contributed by atoms with van der Waals surface area (Å²) in [7, 11) is 0. The summed E-state index contributed by atoms with van der Waals surface area (Å²) in [4.78, 5) is 36.7. The molecule has 1 aliphatic carbocycles. The fraction of sp³-hybridized carbons (Fsp3) is 0.769. The topological polar surface area (TPSA) is 75.7 Å². The molecule has 0 unspecified atom stereocenters. The van der Waals surface area contributed by atoms with Crippen LogP contribution >= 0.6 is 0 Å². The van der Waals surface area contributed by atoms with Crippen LogP contribution in [0.4, 0.5) is 4.79 Å². The van der Waals surface area contributed by atoms with Crippen molar-refractivity contribution in [3.8, 4) is 0 Å². The van der Waals surface area contributed by atoms with E-state index in [2.05, 4.69) is 5.32 Å². The van der Waals surface area contributed by atoms with Crippen LogP contribution in [-0.2, 0) is 14.3 Å². The summed E-state index contributed by atoms with van der Waals surface area (Å²) in [5.74, 6) is -0.561. The third-order valence-electron chi connectivity index (χ3n) is 3.80. The molecule has 1 spiro atoms. The van der Waals surface area contributed by atoms with Crippen molar-refractivity contribution in [2.45, 2.75) is 51.0 Å². The SMILES string of the molecule is CCOC(=O)CCN1C(=O)NC2(CCCCC2)C1=O. The molecule has 2 rings (SSSR count). The molecule has 1 saturated carbocycles. The minimum atomic E-state index is -0.704. The fourth-order valence-electron chi connectivity index (χ4n) is 2.81. The van der Waals surface area contributed by atoms with Gasteiger partial charge in [-0.3, -0.25) is 14.5 Å². The second-order valence-corrected chi connectivity index (χ2v) is 5.08. The third-order valence-corrected chi connectivity index (χ3v) is 3.80. The highest BCUT2D eigenvalue weighted by molar-refractivity contribution is 6.07. The number of carbonyl (C=O) groups is 3. The number of nitrogens with one attached hydrogen (secondary N) is 1. The van der Waals surface area contributed by atoms with E-state index in [1.54, 1.807) is 6.92 Å². The Hall–Kier alpha value is -1.59. The van der Waals surface area contributed by atoms with E-state index in [-0.39, 0.29) is 30.9 Å². The molecule has 106 valence electrons. The van der Waals surface area contributed by atoms with Crippen molar-refractivity contribution in [2.24, 2.45) is 0 Å². The summed E-state index contributed by atoms with van der Waals surface area (Å²) in [6.45, 7) is 2.14. The Balaban J connectivity index is 1.96. The van der Waals surface area contributed by atoms with E-state index in [4.69, 9.17) is 4.74 Å². The summed E-state index contributed by atoms with van der Waals surface area (Å²) in [5, 5.41) is 2.81. The molecule has 1 heterocycles. The number of hydrogen-bond acceptors (Lipinski definition) is 4. The molecule has 1 N–H and O–H groups in total. The van der Waals surface area contributed by atoms with Gasteiger partial charge in [0, 0.05) is 6.54 Å². The minimum absolute atomic E-state index is 0.0586. The molecule has 0 aromatic heterocycles. The van der Waals surface area contributed by atoms with Crippen molar-refractivity contribution < 1.29 is 19.1 Å². The Morgan fingerprint density at radius 1 is 1.32 bits per heavy atom. The van der Waals surface area contributed by atoms with Crippen LogP contribution in [0.3, 0.4) is 0 Å². The van der Waals surface area contributed by atoms with E-state index in [9.17, 15) is 14.4 Å². The number of rotatable bonds is 4. The van der Waals surface area contributed by atoms with Gasteiger partial charge in [-0.25, -0.2) is 4.79 Å². The lowest BCUT2D eigenvalue weighted by Crippen LogP contribution is -2.48. The van der Waals surface area contributed by atoms with Crippen LogP contribution in [0, 0.1) is 0 Å². The van der Waals surface area contributed by atoms with Gasteiger partial charge in [-0.15, -0.1) is 0 Å². The fourth-order valence-corrected chi connectivity index (χ4v) is 2.81. The highest BCUT2D eigenvalue weighted by Gasteiger charge is 2.51. The Kier molecular flexibility index (Phi) is 4.07. The molecule has 19 heavy (non-hydrogen) atoms. The third kappa shape index (κ3) is 2.72. The number of amides is 3. The first kappa shape index (κ1) is 13.8. The van der Waals surface area contributed by atoms with E-state index in [1.165, 1.54) is 0 Å². The first-order valence-electron chi connectivity index (χ1n) is 6.89. The van der Waals surface area contributed by atoms with Crippen molar-refractivity contribution in [1.82, 2.24) is 10.2 Å². The van der Waals surface area contributed by atoms with E-state index >= 15 is 0 Å². The highest BCUT2D eigenvalue weighted by Crippen LogP contribution is 2.33. The highest BCUT2D eigenvalue weighted by atomic mass is 16.5. The van der Waals surface area contributed by atoms with Gasteiger partial charge in [0.25, 0.3) is 5.91 Å². The van der Waals surface area contributed by atoms with Crippen LogP contribution in [-0.4, -0.2) is 41.5 Å². The molecule has 2 fully saturated rings. The lowest BCUT2D eigenvalue weighted by molar-refractivity contribution is -0.143. The molecule has 0 atom stereocenters. The van der Waals surface area contributed by atoms with Crippen LogP contribution in [0.2, 0.25) is 0 Å². The van der Waals surface area contributed by atoms with Gasteiger partial charge in [-0.2, -0.15) is 0 Å². The van der Waals surface area contributed by atoms with Crippen LogP contribution < -0.4 is 5.32 Å². The second-order valence-electron chi connectivity index (χ2n) is 5.08. The van der Waals surface area contributed by atoms with Gasteiger partial charge >= 0.3 is 12.0 Å². The van der Waals surface area contributed by atoms with Crippen LogP contribution in [0.25, 0.3) is 0 Å². The van der Waals surface area contributed by atoms with Gasteiger partial charge in [0.1, 0.15) is 5.54 Å². The lowest BCUT2D eigenvalue weighted by atomic mass is 9.82. The monoisotopic (exact) mass is 268 g/mol. The molecule has 0 radical (unpaired) electrons. The first-order valence-corrected chi connectivity index (χ1v) is 6.89. The zero-order chi connectivity index (χ0) is 13.9. The van der Waals surface area contributed by atoms with Gasteiger partial charge in [-0.05, 0) is 19.8 Å². The average molecular weight is 268 g/mol. The number of esters is 1. The standard InChI is InChI=1S/C13H20N2O4/c1-2-19-10(16)6-9-15-11(17)13(14-12(15)18)7-4-3-5-8-13/h2-9H2,1H3,(H,14,18). The maximum absolute atomic E-state index is 12.4. The van der Waals surface area contributed by atoms with Crippen LogP contribution in [0.5, 0.6) is 0 Å². The summed E-state index contributed by atoms with van der Waals surface area (Å²) in [6, 6.07) is -0.379. The number of hydrogen-bond donors (Lipinski definition) is 1. The summed E-state index contributed by atoms with van der Waals surface area (Å²) in [5.41, 5.74) is -0.704. The Morgan fingerprint density at radius 2 is 2.00 bits per heavy atom. The average Bonchev–Trinajstić information content (AvgIpc) is 2.60. The van der Waals surface area contributed by atoms with Gasteiger partial charge in [0.05, 0.1) is 13.0 Å². The molecule has 0 bridgehead atoms. The molecule has 1 saturated heterocycles. The Morgan fingerprint density at radius 3 is 2.63 bits per heavy atom. The summed E-state index contributed by atoms with van der Waals surface area (Å²) in [6.07, 6.45) is 4.48. The van der Waals surface area contributed by atoms with Gasteiger partial charge < -0.3 is 10.1 Å². The molecular formula is C13H20N2O4. The van der Waals surface area contributed by atoms with Crippen molar-refractivity contribution in [2.75, 3.05) is 13.2 Å². The van der Waals surface area contributed by atoms with Crippen molar-refractivity contribution >= 4 is 17.9 Å². The maximum atomic E-state index is 12.4. The molecule has 0 aromatic carbocycles. The lowest BCUT2D eigenvalue weighted by Gasteiger charge is -2.30.